The predicted molar refractivity (Wildman–Crippen MR) is 73.4 cm³/mol. The first kappa shape index (κ1) is 12.7. The van der Waals surface area contributed by atoms with Crippen LogP contribution < -0.4 is 4.74 Å². The number of nitrogens with one attached hydrogen (secondary N) is 1. The maximum Gasteiger partial charge on any atom is 0.161 e. The summed E-state index contributed by atoms with van der Waals surface area (Å²) in [5.41, 5.74) is 2.37. The molecule has 0 atom stereocenters. The molecular formula is C15H15N3O2. The van der Waals surface area contributed by atoms with Gasteiger partial charge >= 0.3 is 0 Å². The van der Waals surface area contributed by atoms with Gasteiger partial charge in [0.05, 0.1) is 38.3 Å². The Morgan fingerprint density at radius 2 is 2.25 bits per heavy atom. The lowest BCUT2D eigenvalue weighted by Gasteiger charge is -2.32. The van der Waals surface area contributed by atoms with Crippen LogP contribution in [0, 0.1) is 18.3 Å². The third-order valence-electron chi connectivity index (χ3n) is 3.65. The van der Waals surface area contributed by atoms with E-state index in [0.717, 1.165) is 22.6 Å². The highest BCUT2D eigenvalue weighted by Gasteiger charge is 2.43. The highest BCUT2D eigenvalue weighted by Crippen LogP contribution is 2.32. The Hall–Kier alpha value is -2.32. The van der Waals surface area contributed by atoms with Crippen LogP contribution in [-0.2, 0) is 10.2 Å². The number of benzene rings is 1. The lowest BCUT2D eigenvalue weighted by molar-refractivity contribution is -0.0335. The maximum absolute atomic E-state index is 9.28. The number of H-pyrrole nitrogens is 1. The molecule has 0 spiro atoms. The minimum atomic E-state index is -0.611. The van der Waals surface area contributed by atoms with Crippen molar-refractivity contribution >= 4 is 0 Å². The third kappa shape index (κ3) is 1.86. The number of nitriles is 1. The summed E-state index contributed by atoms with van der Waals surface area (Å²) >= 11 is 0. The number of aromatic nitrogens is 2. The van der Waals surface area contributed by atoms with Gasteiger partial charge in [0.1, 0.15) is 11.6 Å². The molecule has 0 radical (unpaired) electrons. The van der Waals surface area contributed by atoms with Crippen LogP contribution in [0.1, 0.15) is 11.4 Å². The van der Waals surface area contributed by atoms with Crippen LogP contribution in [0.25, 0.3) is 11.3 Å². The molecule has 1 aliphatic heterocycles. The summed E-state index contributed by atoms with van der Waals surface area (Å²) in [6.07, 6.45) is 1.76. The van der Waals surface area contributed by atoms with Crippen molar-refractivity contribution in [1.82, 2.24) is 9.97 Å². The number of rotatable bonds is 3. The predicted octanol–water partition coefficient (Wildman–Crippen LogP) is 2.19. The Kier molecular flexibility index (Phi) is 2.96. The van der Waals surface area contributed by atoms with Crippen LogP contribution in [0.5, 0.6) is 5.75 Å². The summed E-state index contributed by atoms with van der Waals surface area (Å²) in [5, 5.41) is 9.28. The van der Waals surface area contributed by atoms with Gasteiger partial charge in [0, 0.05) is 5.56 Å². The van der Waals surface area contributed by atoms with Gasteiger partial charge < -0.3 is 14.5 Å². The van der Waals surface area contributed by atoms with E-state index in [9.17, 15) is 5.26 Å². The average molecular weight is 269 g/mol. The van der Waals surface area contributed by atoms with E-state index >= 15 is 0 Å². The van der Waals surface area contributed by atoms with E-state index < -0.39 is 5.41 Å². The minimum Gasteiger partial charge on any atom is -0.496 e. The Bertz CT molecular complexity index is 681. The topological polar surface area (TPSA) is 70.9 Å². The monoisotopic (exact) mass is 269 g/mol. The van der Waals surface area contributed by atoms with Crippen molar-refractivity contribution in [2.45, 2.75) is 12.3 Å². The van der Waals surface area contributed by atoms with E-state index in [0.29, 0.717) is 19.0 Å². The highest BCUT2D eigenvalue weighted by atomic mass is 16.5. The van der Waals surface area contributed by atoms with Gasteiger partial charge in [-0.1, -0.05) is 0 Å². The number of methoxy groups -OCH3 is 1. The second kappa shape index (κ2) is 4.66. The first-order valence-corrected chi connectivity index (χ1v) is 6.38. The normalized spacial score (nSPS) is 16.2. The molecule has 1 aromatic heterocycles. The zero-order chi connectivity index (χ0) is 14.2. The van der Waals surface area contributed by atoms with Gasteiger partial charge in [-0.25, -0.2) is 4.98 Å². The van der Waals surface area contributed by atoms with E-state index in [4.69, 9.17) is 9.47 Å². The zero-order valence-electron chi connectivity index (χ0n) is 11.4. The number of imidazole rings is 1. The van der Waals surface area contributed by atoms with Crippen LogP contribution in [0.4, 0.5) is 0 Å². The second-order valence-corrected chi connectivity index (χ2v) is 5.02. The van der Waals surface area contributed by atoms with E-state index in [1.54, 1.807) is 13.3 Å². The van der Waals surface area contributed by atoms with Crippen LogP contribution >= 0.6 is 0 Å². The minimum absolute atomic E-state index is 0.401. The lowest BCUT2D eigenvalue weighted by atomic mass is 9.87. The van der Waals surface area contributed by atoms with Gasteiger partial charge in [-0.15, -0.1) is 0 Å². The molecule has 1 fully saturated rings. The average Bonchev–Trinajstić information content (AvgIpc) is 2.88. The fraction of sp³-hybridized carbons (Fsp3) is 0.333. The van der Waals surface area contributed by atoms with Crippen LogP contribution in [0.2, 0.25) is 0 Å². The van der Waals surface area contributed by atoms with Gasteiger partial charge in [-0.3, -0.25) is 0 Å². The Morgan fingerprint density at radius 3 is 2.80 bits per heavy atom. The van der Waals surface area contributed by atoms with Gasteiger partial charge in [0.2, 0.25) is 0 Å². The Labute approximate surface area is 117 Å². The van der Waals surface area contributed by atoms with Crippen molar-refractivity contribution in [3.63, 3.8) is 0 Å². The van der Waals surface area contributed by atoms with Crippen LogP contribution in [-0.4, -0.2) is 30.3 Å². The SMILES string of the molecule is COc1ccc(-c2cnc(C3(C#N)COC3)[nH]2)cc1C. The molecule has 20 heavy (non-hydrogen) atoms. The molecule has 1 aliphatic rings. The number of hydrogen-bond acceptors (Lipinski definition) is 4. The molecule has 0 bridgehead atoms. The summed E-state index contributed by atoms with van der Waals surface area (Å²) in [5.74, 6) is 1.53. The molecule has 0 saturated carbocycles. The van der Waals surface area contributed by atoms with E-state index in [1.165, 1.54) is 0 Å². The van der Waals surface area contributed by atoms with Gasteiger partial charge in [0.15, 0.2) is 5.41 Å². The highest BCUT2D eigenvalue weighted by molar-refractivity contribution is 5.62. The first-order valence-electron chi connectivity index (χ1n) is 6.38. The fourth-order valence-corrected chi connectivity index (χ4v) is 2.32. The van der Waals surface area contributed by atoms with E-state index in [2.05, 4.69) is 16.0 Å². The standard InChI is InChI=1S/C15H15N3O2/c1-10-5-11(3-4-13(10)19-2)12-6-17-14(18-12)15(7-16)8-20-9-15/h3-6H,8-9H2,1-2H3,(H,17,18). The van der Waals surface area contributed by atoms with Gasteiger partial charge in [0.25, 0.3) is 0 Å². The van der Waals surface area contributed by atoms with Gasteiger partial charge in [-0.2, -0.15) is 5.26 Å². The van der Waals surface area contributed by atoms with E-state index in [1.807, 2.05) is 25.1 Å². The molecule has 1 aromatic carbocycles. The quantitative estimate of drug-likeness (QED) is 0.927. The van der Waals surface area contributed by atoms with Crippen molar-refractivity contribution in [1.29, 1.82) is 5.26 Å². The summed E-state index contributed by atoms with van der Waals surface area (Å²) in [6, 6.07) is 8.22. The largest absolute Gasteiger partial charge is 0.496 e. The number of hydrogen-bond donors (Lipinski definition) is 1. The number of nitrogens with zero attached hydrogens (tertiary/aromatic N) is 2. The van der Waals surface area contributed by atoms with Crippen molar-refractivity contribution < 1.29 is 9.47 Å². The maximum atomic E-state index is 9.28. The van der Waals surface area contributed by atoms with Gasteiger partial charge in [-0.05, 0) is 30.7 Å². The van der Waals surface area contributed by atoms with Crippen LogP contribution in [0.15, 0.2) is 24.4 Å². The number of ether oxygens (including phenoxy) is 2. The number of aromatic amines is 1. The molecule has 0 amide bonds. The molecule has 5 nitrogen and oxygen atoms in total. The fourth-order valence-electron chi connectivity index (χ4n) is 2.32. The molecule has 0 aliphatic carbocycles. The van der Waals surface area contributed by atoms with Crippen molar-refractivity contribution in [2.75, 3.05) is 20.3 Å². The molecule has 0 unspecified atom stereocenters. The van der Waals surface area contributed by atoms with Crippen molar-refractivity contribution in [3.05, 3.63) is 35.8 Å². The smallest absolute Gasteiger partial charge is 0.161 e. The molecule has 1 saturated heterocycles. The van der Waals surface area contributed by atoms with Crippen LogP contribution in [0.3, 0.4) is 0 Å². The number of aryl methyl sites for hydroxylation is 1. The molecule has 3 rings (SSSR count). The molecular weight excluding hydrogens is 254 g/mol. The molecule has 2 heterocycles. The molecule has 5 heteroatoms. The summed E-state index contributed by atoms with van der Waals surface area (Å²) < 4.78 is 10.4. The molecule has 1 N–H and O–H groups in total. The summed E-state index contributed by atoms with van der Waals surface area (Å²) in [6.45, 7) is 2.80. The first-order chi connectivity index (χ1) is 9.68. The summed E-state index contributed by atoms with van der Waals surface area (Å²) in [7, 11) is 1.66. The zero-order valence-corrected chi connectivity index (χ0v) is 11.4. The summed E-state index contributed by atoms with van der Waals surface area (Å²) in [4.78, 5) is 7.57. The Morgan fingerprint density at radius 1 is 1.45 bits per heavy atom. The third-order valence-corrected chi connectivity index (χ3v) is 3.65. The molecule has 102 valence electrons. The Balaban J connectivity index is 1.94. The van der Waals surface area contributed by atoms with Crippen molar-refractivity contribution in [2.24, 2.45) is 0 Å². The molecule has 2 aromatic rings. The van der Waals surface area contributed by atoms with E-state index in [-0.39, 0.29) is 0 Å². The lowest BCUT2D eigenvalue weighted by Crippen LogP contribution is -2.46. The second-order valence-electron chi connectivity index (χ2n) is 5.02. The van der Waals surface area contributed by atoms with Crippen molar-refractivity contribution in [3.8, 4) is 23.1 Å².